The summed E-state index contributed by atoms with van der Waals surface area (Å²) in [6.07, 6.45) is 2.29. The molecule has 1 saturated heterocycles. The van der Waals surface area contributed by atoms with Gasteiger partial charge in [0.05, 0.1) is 19.1 Å². The van der Waals surface area contributed by atoms with E-state index in [0.717, 1.165) is 31.5 Å². The van der Waals surface area contributed by atoms with Crippen molar-refractivity contribution < 1.29 is 19.6 Å². The van der Waals surface area contributed by atoms with E-state index in [-0.39, 0.29) is 11.5 Å². The average Bonchev–Trinajstić information content (AvgIpc) is 3.17. The second-order valence-electron chi connectivity index (χ2n) is 5.69. The Hall–Kier alpha value is -2.18. The molecule has 3 rings (SSSR count). The van der Waals surface area contributed by atoms with Crippen LogP contribution in [0, 0.1) is 0 Å². The number of rotatable bonds is 5. The lowest BCUT2D eigenvalue weighted by atomic mass is 10.0. The van der Waals surface area contributed by atoms with Gasteiger partial charge in [-0.3, -0.25) is 4.79 Å². The van der Waals surface area contributed by atoms with Gasteiger partial charge in [-0.1, -0.05) is 30.3 Å². The normalized spacial score (nSPS) is 14.8. The molecule has 0 radical (unpaired) electrons. The molecule has 2 heterocycles. The Balaban J connectivity index is 1.81. The fraction of sp³-hybridized carbons (Fsp3) is 0.294. The van der Waals surface area contributed by atoms with Crippen LogP contribution in [0.4, 0.5) is 5.00 Å². The number of carbonyl (C=O) groups is 2. The number of amides is 1. The standard InChI is InChI=1S/C17H18N2O3S/c20-14(10-19-8-4-5-9-19)18-16-15(17(21)22)13(11-23-16)12-6-2-1-3-7-12/h1-3,6-7,11H,4-5,8-10H2,(H,18,20)(H,21,22). The van der Waals surface area contributed by atoms with Gasteiger partial charge in [0.2, 0.25) is 0 Å². The lowest BCUT2D eigenvalue weighted by Crippen LogP contribution is -3.11. The molecule has 0 atom stereocenters. The number of carboxylic acid groups (broad SMARTS) is 1. The van der Waals surface area contributed by atoms with Gasteiger partial charge < -0.3 is 20.1 Å². The van der Waals surface area contributed by atoms with Crippen molar-refractivity contribution in [3.05, 3.63) is 41.3 Å². The molecule has 0 aliphatic carbocycles. The Bertz CT molecular complexity index is 706. The van der Waals surface area contributed by atoms with Crippen molar-refractivity contribution in [3.8, 4) is 11.1 Å². The van der Waals surface area contributed by atoms with E-state index in [1.807, 2.05) is 30.3 Å². The molecule has 23 heavy (non-hydrogen) atoms. The summed E-state index contributed by atoms with van der Waals surface area (Å²) >= 11 is 1.22. The molecule has 1 amide bonds. The van der Waals surface area contributed by atoms with E-state index < -0.39 is 5.97 Å². The van der Waals surface area contributed by atoms with Crippen molar-refractivity contribution in [3.63, 3.8) is 0 Å². The number of carbonyl (C=O) groups excluding carboxylic acids is 2. The first kappa shape index (κ1) is 15.7. The maximum Gasteiger partial charge on any atom is 0.280 e. The predicted molar refractivity (Wildman–Crippen MR) is 87.5 cm³/mol. The van der Waals surface area contributed by atoms with E-state index in [4.69, 9.17) is 0 Å². The summed E-state index contributed by atoms with van der Waals surface area (Å²) in [5, 5.41) is 16.4. The second kappa shape index (κ2) is 6.93. The van der Waals surface area contributed by atoms with E-state index in [1.54, 1.807) is 5.38 Å². The molecule has 0 unspecified atom stereocenters. The second-order valence-corrected chi connectivity index (χ2v) is 6.57. The molecule has 1 aromatic carbocycles. The Morgan fingerprint density at radius 2 is 1.87 bits per heavy atom. The molecule has 5 nitrogen and oxygen atoms in total. The Morgan fingerprint density at radius 3 is 2.52 bits per heavy atom. The first-order chi connectivity index (χ1) is 11.1. The highest BCUT2D eigenvalue weighted by molar-refractivity contribution is 7.15. The number of benzene rings is 1. The molecule has 2 aromatic rings. The summed E-state index contributed by atoms with van der Waals surface area (Å²) in [7, 11) is 0. The zero-order valence-corrected chi connectivity index (χ0v) is 13.4. The minimum absolute atomic E-state index is 0.0611. The number of anilines is 1. The fourth-order valence-corrected chi connectivity index (χ4v) is 3.91. The summed E-state index contributed by atoms with van der Waals surface area (Å²) in [6, 6.07) is 9.25. The van der Waals surface area contributed by atoms with Crippen LogP contribution in [-0.4, -0.2) is 31.5 Å². The molecule has 1 aliphatic heterocycles. The summed E-state index contributed by atoms with van der Waals surface area (Å²) < 4.78 is 0. The number of hydrogen-bond donors (Lipinski definition) is 2. The van der Waals surface area contributed by atoms with Gasteiger partial charge in [-0.2, -0.15) is 0 Å². The van der Waals surface area contributed by atoms with E-state index in [0.29, 0.717) is 17.1 Å². The van der Waals surface area contributed by atoms with Crippen LogP contribution in [0.1, 0.15) is 23.2 Å². The van der Waals surface area contributed by atoms with Gasteiger partial charge in [0, 0.05) is 29.3 Å². The molecule has 1 aromatic heterocycles. The van der Waals surface area contributed by atoms with Gasteiger partial charge in [-0.05, 0) is 5.56 Å². The maximum atomic E-state index is 12.2. The topological polar surface area (TPSA) is 73.7 Å². The average molecular weight is 330 g/mol. The first-order valence-corrected chi connectivity index (χ1v) is 8.55. The molecular weight excluding hydrogens is 312 g/mol. The summed E-state index contributed by atoms with van der Waals surface area (Å²) in [6.45, 7) is 2.38. The molecule has 0 spiro atoms. The van der Waals surface area contributed by atoms with Crippen LogP contribution in [-0.2, 0) is 4.79 Å². The molecule has 1 aliphatic rings. The van der Waals surface area contributed by atoms with Gasteiger partial charge in [0.15, 0.2) is 6.54 Å². The van der Waals surface area contributed by atoms with E-state index in [9.17, 15) is 14.7 Å². The van der Waals surface area contributed by atoms with Gasteiger partial charge in [0.25, 0.3) is 5.91 Å². The van der Waals surface area contributed by atoms with Crippen LogP contribution >= 0.6 is 11.3 Å². The monoisotopic (exact) mass is 330 g/mol. The zero-order valence-electron chi connectivity index (χ0n) is 12.6. The van der Waals surface area contributed by atoms with E-state index in [2.05, 4.69) is 5.32 Å². The zero-order chi connectivity index (χ0) is 16.2. The number of quaternary nitrogens is 1. The largest absolute Gasteiger partial charge is 0.545 e. The van der Waals surface area contributed by atoms with Crippen LogP contribution < -0.4 is 15.3 Å². The third kappa shape index (κ3) is 3.60. The van der Waals surface area contributed by atoms with Crippen LogP contribution in [0.2, 0.25) is 0 Å². The third-order valence-corrected chi connectivity index (χ3v) is 4.95. The summed E-state index contributed by atoms with van der Waals surface area (Å²) in [5.74, 6) is -1.42. The van der Waals surface area contributed by atoms with E-state index in [1.165, 1.54) is 16.2 Å². The van der Waals surface area contributed by atoms with Crippen LogP contribution in [0.3, 0.4) is 0 Å². The smallest absolute Gasteiger partial charge is 0.280 e. The lowest BCUT2D eigenvalue weighted by molar-refractivity contribution is -0.878. The lowest BCUT2D eigenvalue weighted by Gasteiger charge is -2.13. The first-order valence-electron chi connectivity index (χ1n) is 7.67. The number of thiophene rings is 1. The maximum absolute atomic E-state index is 12.2. The Kier molecular flexibility index (Phi) is 4.73. The number of nitrogens with one attached hydrogen (secondary N) is 2. The molecule has 6 heteroatoms. The van der Waals surface area contributed by atoms with Gasteiger partial charge in [-0.25, -0.2) is 0 Å². The van der Waals surface area contributed by atoms with Crippen molar-refractivity contribution in [2.45, 2.75) is 12.8 Å². The Labute approximate surface area is 138 Å². The van der Waals surface area contributed by atoms with Crippen molar-refractivity contribution in [1.82, 2.24) is 0 Å². The predicted octanol–water partition coefficient (Wildman–Crippen LogP) is 0.396. The van der Waals surface area contributed by atoms with Crippen molar-refractivity contribution >= 4 is 28.2 Å². The molecule has 1 fully saturated rings. The minimum atomic E-state index is -1.27. The highest BCUT2D eigenvalue weighted by atomic mass is 32.1. The third-order valence-electron chi connectivity index (χ3n) is 4.05. The highest BCUT2D eigenvalue weighted by Crippen LogP contribution is 2.35. The SMILES string of the molecule is O=C(C[NH+]1CCCC1)Nc1scc(-c2ccccc2)c1C(=O)[O-]. The van der Waals surface area contributed by atoms with E-state index >= 15 is 0 Å². The van der Waals surface area contributed by atoms with Gasteiger partial charge in [-0.15, -0.1) is 11.3 Å². The number of hydrogen-bond acceptors (Lipinski definition) is 4. The number of likely N-dealkylation sites (tertiary alicyclic amines) is 1. The Morgan fingerprint density at radius 1 is 1.17 bits per heavy atom. The van der Waals surface area contributed by atoms with Crippen molar-refractivity contribution in [2.75, 3.05) is 25.0 Å². The molecular formula is C17H18N2O3S. The van der Waals surface area contributed by atoms with Crippen LogP contribution in [0.5, 0.6) is 0 Å². The number of aromatic carboxylic acids is 1. The highest BCUT2D eigenvalue weighted by Gasteiger charge is 2.21. The number of carboxylic acids is 1. The van der Waals surface area contributed by atoms with Crippen LogP contribution in [0.15, 0.2) is 35.7 Å². The summed E-state index contributed by atoms with van der Waals surface area (Å²) in [4.78, 5) is 24.9. The van der Waals surface area contributed by atoms with Crippen molar-refractivity contribution in [2.24, 2.45) is 0 Å². The molecule has 2 N–H and O–H groups in total. The molecule has 0 bridgehead atoms. The van der Waals surface area contributed by atoms with Gasteiger partial charge >= 0.3 is 0 Å². The van der Waals surface area contributed by atoms with Gasteiger partial charge in [0.1, 0.15) is 5.00 Å². The quantitative estimate of drug-likeness (QED) is 0.833. The fourth-order valence-electron chi connectivity index (χ4n) is 2.93. The molecule has 120 valence electrons. The summed E-state index contributed by atoms with van der Waals surface area (Å²) in [5.41, 5.74) is 1.44. The van der Waals surface area contributed by atoms with Crippen LogP contribution in [0.25, 0.3) is 11.1 Å². The van der Waals surface area contributed by atoms with Crippen molar-refractivity contribution in [1.29, 1.82) is 0 Å². The molecule has 0 saturated carbocycles. The minimum Gasteiger partial charge on any atom is -0.545 e.